The molecule has 4 rings (SSSR count). The highest BCUT2D eigenvalue weighted by atomic mass is 35.5. The van der Waals surface area contributed by atoms with E-state index in [0.29, 0.717) is 48.7 Å². The van der Waals surface area contributed by atoms with E-state index in [9.17, 15) is 10.1 Å². The number of piperazine rings is 1. The number of aromatic nitrogens is 1. The fourth-order valence-corrected chi connectivity index (χ4v) is 3.22. The van der Waals surface area contributed by atoms with Gasteiger partial charge in [-0.05, 0) is 35.9 Å². The molecule has 1 aliphatic rings. The molecule has 1 aromatic carbocycles. The molecule has 0 atom stereocenters. The van der Waals surface area contributed by atoms with Crippen molar-refractivity contribution in [3.8, 4) is 6.07 Å². The number of nitriles is 1. The quantitative estimate of drug-likeness (QED) is 0.650. The molecule has 8 heteroatoms. The van der Waals surface area contributed by atoms with Crippen LogP contribution in [0.3, 0.4) is 0 Å². The van der Waals surface area contributed by atoms with E-state index >= 15 is 0 Å². The lowest BCUT2D eigenvalue weighted by atomic mass is 10.2. The van der Waals surface area contributed by atoms with Gasteiger partial charge in [0.2, 0.25) is 17.5 Å². The number of oxazole rings is 1. The number of nitrogens with zero attached hydrogens (tertiary/aromatic N) is 4. The molecular weight excluding hydrogens is 392 g/mol. The van der Waals surface area contributed by atoms with Crippen molar-refractivity contribution >= 4 is 35.5 Å². The Kier molecular flexibility index (Phi) is 5.36. The van der Waals surface area contributed by atoms with Crippen molar-refractivity contribution in [3.05, 3.63) is 70.6 Å². The number of furan rings is 1. The minimum Gasteiger partial charge on any atom is -0.459 e. The predicted octanol–water partition coefficient (Wildman–Crippen LogP) is 3.93. The Balaban J connectivity index is 1.44. The maximum atomic E-state index is 12.4. The van der Waals surface area contributed by atoms with Gasteiger partial charge in [-0.2, -0.15) is 10.2 Å². The molecule has 3 heterocycles. The van der Waals surface area contributed by atoms with Crippen LogP contribution in [0.1, 0.15) is 27.7 Å². The zero-order valence-electron chi connectivity index (χ0n) is 15.4. The first-order valence-electron chi connectivity index (χ1n) is 9.06. The van der Waals surface area contributed by atoms with Gasteiger partial charge in [0.25, 0.3) is 5.91 Å². The zero-order chi connectivity index (χ0) is 20.2. The summed E-state index contributed by atoms with van der Waals surface area (Å²) in [5.74, 6) is 0.957. The number of carbonyl (C=O) groups is 1. The minimum atomic E-state index is -0.140. The Bertz CT molecular complexity index is 1060. The molecule has 1 saturated heterocycles. The summed E-state index contributed by atoms with van der Waals surface area (Å²) in [5.41, 5.74) is 1.17. The molecule has 0 spiro atoms. The van der Waals surface area contributed by atoms with Crippen LogP contribution in [0.15, 0.2) is 51.5 Å². The van der Waals surface area contributed by atoms with Crippen LogP contribution in [0, 0.1) is 11.3 Å². The fraction of sp³-hybridized carbons (Fsp3) is 0.190. The van der Waals surface area contributed by atoms with Gasteiger partial charge in [-0.1, -0.05) is 23.7 Å². The Morgan fingerprint density at radius 2 is 1.90 bits per heavy atom. The van der Waals surface area contributed by atoms with Gasteiger partial charge in [-0.3, -0.25) is 4.79 Å². The van der Waals surface area contributed by atoms with E-state index in [2.05, 4.69) is 11.1 Å². The van der Waals surface area contributed by atoms with Crippen LogP contribution in [0.4, 0.5) is 5.88 Å². The summed E-state index contributed by atoms with van der Waals surface area (Å²) in [7, 11) is 0. The van der Waals surface area contributed by atoms with Gasteiger partial charge >= 0.3 is 0 Å². The minimum absolute atomic E-state index is 0.140. The monoisotopic (exact) mass is 408 g/mol. The van der Waals surface area contributed by atoms with Gasteiger partial charge in [0.05, 0.1) is 6.26 Å². The summed E-state index contributed by atoms with van der Waals surface area (Å²) in [5, 5.41) is 10.1. The number of carbonyl (C=O) groups excluding carboxylic acids is 1. The molecule has 146 valence electrons. The van der Waals surface area contributed by atoms with Crippen LogP contribution >= 0.6 is 11.6 Å². The second-order valence-electron chi connectivity index (χ2n) is 6.46. The first-order valence-corrected chi connectivity index (χ1v) is 9.44. The van der Waals surface area contributed by atoms with Crippen LogP contribution in [0.2, 0.25) is 5.02 Å². The molecule has 1 fully saturated rings. The van der Waals surface area contributed by atoms with Gasteiger partial charge < -0.3 is 18.6 Å². The summed E-state index contributed by atoms with van der Waals surface area (Å²) < 4.78 is 11.0. The smallest absolute Gasteiger partial charge is 0.289 e. The number of benzene rings is 1. The van der Waals surface area contributed by atoms with Crippen molar-refractivity contribution < 1.29 is 13.6 Å². The number of amides is 1. The summed E-state index contributed by atoms with van der Waals surface area (Å²) in [4.78, 5) is 20.3. The van der Waals surface area contributed by atoms with Crippen molar-refractivity contribution in [2.75, 3.05) is 31.1 Å². The van der Waals surface area contributed by atoms with Crippen molar-refractivity contribution in [3.63, 3.8) is 0 Å². The molecule has 0 aliphatic carbocycles. The maximum Gasteiger partial charge on any atom is 0.289 e. The summed E-state index contributed by atoms with van der Waals surface area (Å²) in [6, 6.07) is 12.8. The largest absolute Gasteiger partial charge is 0.459 e. The molecule has 0 radical (unpaired) electrons. The van der Waals surface area contributed by atoms with Crippen molar-refractivity contribution in [2.24, 2.45) is 0 Å². The maximum absolute atomic E-state index is 12.4. The number of hydrogen-bond donors (Lipinski definition) is 0. The van der Waals surface area contributed by atoms with Crippen LogP contribution in [-0.4, -0.2) is 42.0 Å². The molecule has 0 unspecified atom stereocenters. The third-order valence-electron chi connectivity index (χ3n) is 4.61. The Morgan fingerprint density at radius 1 is 1.14 bits per heavy atom. The van der Waals surface area contributed by atoms with E-state index in [0.717, 1.165) is 5.56 Å². The lowest BCUT2D eigenvalue weighted by Gasteiger charge is -2.34. The van der Waals surface area contributed by atoms with Gasteiger partial charge in [0.1, 0.15) is 6.07 Å². The van der Waals surface area contributed by atoms with Crippen LogP contribution in [0.5, 0.6) is 0 Å². The Hall–Kier alpha value is -3.50. The van der Waals surface area contributed by atoms with Crippen molar-refractivity contribution in [1.29, 1.82) is 5.26 Å². The molecule has 29 heavy (non-hydrogen) atoms. The number of hydrogen-bond acceptors (Lipinski definition) is 6. The van der Waals surface area contributed by atoms with E-state index < -0.39 is 0 Å². The van der Waals surface area contributed by atoms with Gasteiger partial charge in [0, 0.05) is 37.3 Å². The van der Waals surface area contributed by atoms with Gasteiger partial charge in [0.15, 0.2) is 5.76 Å². The average molecular weight is 409 g/mol. The van der Waals surface area contributed by atoms with Crippen LogP contribution < -0.4 is 4.90 Å². The molecule has 1 amide bonds. The predicted molar refractivity (Wildman–Crippen MR) is 108 cm³/mol. The second kappa shape index (κ2) is 8.25. The molecule has 2 aromatic heterocycles. The van der Waals surface area contributed by atoms with Crippen LogP contribution in [0.25, 0.3) is 12.2 Å². The van der Waals surface area contributed by atoms with Gasteiger partial charge in [-0.15, -0.1) is 0 Å². The van der Waals surface area contributed by atoms with Gasteiger partial charge in [-0.25, -0.2) is 0 Å². The second-order valence-corrected chi connectivity index (χ2v) is 6.90. The molecule has 0 bridgehead atoms. The van der Waals surface area contributed by atoms with E-state index in [1.54, 1.807) is 35.2 Å². The number of anilines is 1. The first kappa shape index (κ1) is 18.8. The van der Waals surface area contributed by atoms with Crippen molar-refractivity contribution in [2.45, 2.75) is 0 Å². The zero-order valence-corrected chi connectivity index (χ0v) is 16.2. The lowest BCUT2D eigenvalue weighted by molar-refractivity contribution is 0.0713. The molecule has 3 aromatic rings. The SMILES string of the molecule is N#Cc1nc(/C=C/c2ccc(Cl)cc2)oc1N1CCN(C(=O)c2ccco2)CC1. The first-order chi connectivity index (χ1) is 14.1. The van der Waals surface area contributed by atoms with E-state index in [4.69, 9.17) is 20.4 Å². The average Bonchev–Trinajstić information content (AvgIpc) is 3.43. The highest BCUT2D eigenvalue weighted by Gasteiger charge is 2.27. The third-order valence-corrected chi connectivity index (χ3v) is 4.86. The van der Waals surface area contributed by atoms with Crippen molar-refractivity contribution in [1.82, 2.24) is 9.88 Å². The highest BCUT2D eigenvalue weighted by molar-refractivity contribution is 6.30. The summed E-state index contributed by atoms with van der Waals surface area (Å²) in [6.45, 7) is 2.08. The molecule has 1 aliphatic heterocycles. The van der Waals surface area contributed by atoms with E-state index in [-0.39, 0.29) is 11.6 Å². The standard InChI is InChI=1S/C21H17ClN4O3/c22-16-6-3-15(4-7-16)5-8-19-24-17(14-23)21(29-19)26-11-9-25(10-12-26)20(27)18-2-1-13-28-18/h1-8,13H,9-12H2/b8-5+. The highest BCUT2D eigenvalue weighted by Crippen LogP contribution is 2.24. The Morgan fingerprint density at radius 3 is 2.55 bits per heavy atom. The lowest BCUT2D eigenvalue weighted by Crippen LogP contribution is -2.48. The van der Waals surface area contributed by atoms with Crippen LogP contribution in [-0.2, 0) is 0 Å². The third kappa shape index (κ3) is 4.18. The summed E-state index contributed by atoms with van der Waals surface area (Å²) >= 11 is 5.89. The summed E-state index contributed by atoms with van der Waals surface area (Å²) in [6.07, 6.45) is 5.04. The fourth-order valence-electron chi connectivity index (χ4n) is 3.10. The van der Waals surface area contributed by atoms with E-state index in [1.807, 2.05) is 23.1 Å². The number of halogens is 1. The molecule has 7 nitrogen and oxygen atoms in total. The molecule has 0 saturated carbocycles. The number of rotatable bonds is 4. The Labute approximate surface area is 172 Å². The topological polar surface area (TPSA) is 86.5 Å². The normalized spacial score (nSPS) is 14.3. The molecular formula is C21H17ClN4O3. The van der Waals surface area contributed by atoms with E-state index in [1.165, 1.54) is 6.26 Å². The molecule has 0 N–H and O–H groups in total.